The largest absolute Gasteiger partial charge is 0.496 e. The number of sulfone groups is 1. The molecule has 98 valence electrons. The molecule has 0 aromatic heterocycles. The van der Waals surface area contributed by atoms with Gasteiger partial charge in [0.25, 0.3) is 0 Å². The average molecular weight is 332 g/mol. The third-order valence-electron chi connectivity index (χ3n) is 2.36. The number of ether oxygens (including phenoxy) is 1. The minimum Gasteiger partial charge on any atom is -0.496 e. The molecule has 0 atom stereocenters. The Hall–Kier alpha value is -1.06. The molecule has 0 aliphatic rings. The van der Waals surface area contributed by atoms with Crippen molar-refractivity contribution in [3.63, 3.8) is 0 Å². The number of nitrogens with zero attached hydrogens (tertiary/aromatic N) is 1. The highest BCUT2D eigenvalue weighted by Gasteiger charge is 2.15. The molecule has 1 aromatic rings. The van der Waals surface area contributed by atoms with Gasteiger partial charge in [-0.05, 0) is 24.6 Å². The van der Waals surface area contributed by atoms with Crippen molar-refractivity contribution >= 4 is 25.8 Å². The van der Waals surface area contributed by atoms with Crippen molar-refractivity contribution in [2.24, 2.45) is 0 Å². The second kappa shape index (κ2) is 6.76. The van der Waals surface area contributed by atoms with Gasteiger partial charge in [0.2, 0.25) is 0 Å². The molecule has 0 saturated heterocycles. The first-order chi connectivity index (χ1) is 8.48. The molecule has 0 N–H and O–H groups in total. The number of halogens is 1. The van der Waals surface area contributed by atoms with Crippen LogP contribution in [0.2, 0.25) is 0 Å². The predicted molar refractivity (Wildman–Crippen MR) is 73.0 cm³/mol. The minimum absolute atomic E-state index is 0.0240. The Morgan fingerprint density at radius 2 is 2.17 bits per heavy atom. The van der Waals surface area contributed by atoms with E-state index in [4.69, 9.17) is 10.00 Å². The van der Waals surface area contributed by atoms with Crippen molar-refractivity contribution in [2.75, 3.05) is 12.9 Å². The summed E-state index contributed by atoms with van der Waals surface area (Å²) in [6.07, 6.45) is 0.629. The van der Waals surface area contributed by atoms with Crippen molar-refractivity contribution in [3.8, 4) is 11.8 Å². The van der Waals surface area contributed by atoms with E-state index in [2.05, 4.69) is 15.9 Å². The average Bonchev–Trinajstić information content (AvgIpc) is 2.29. The minimum atomic E-state index is -3.21. The highest BCUT2D eigenvalue weighted by molar-refractivity contribution is 9.10. The van der Waals surface area contributed by atoms with Gasteiger partial charge in [-0.15, -0.1) is 0 Å². The van der Waals surface area contributed by atoms with Gasteiger partial charge in [0.1, 0.15) is 5.75 Å². The van der Waals surface area contributed by atoms with E-state index >= 15 is 0 Å². The molecule has 0 bridgehead atoms. The number of methoxy groups -OCH3 is 1. The standard InChI is InChI=1S/C12H14BrNO3S/c1-17-12-5-4-11(13)8-10(12)9-18(15,16)7-3-2-6-14/h4-5,8H,2-3,7,9H2,1H3. The van der Waals surface area contributed by atoms with Crippen LogP contribution < -0.4 is 4.74 Å². The van der Waals surface area contributed by atoms with Gasteiger partial charge >= 0.3 is 0 Å². The molecule has 0 heterocycles. The molecule has 1 rings (SSSR count). The zero-order valence-electron chi connectivity index (χ0n) is 10.0. The molecule has 0 radical (unpaired) electrons. The number of hydrogen-bond acceptors (Lipinski definition) is 4. The summed E-state index contributed by atoms with van der Waals surface area (Å²) in [6, 6.07) is 7.20. The lowest BCUT2D eigenvalue weighted by Crippen LogP contribution is -2.10. The highest BCUT2D eigenvalue weighted by atomic mass is 79.9. The number of nitriles is 1. The van der Waals surface area contributed by atoms with Gasteiger partial charge in [0, 0.05) is 16.5 Å². The summed E-state index contributed by atoms with van der Waals surface area (Å²) in [6.45, 7) is 0. The van der Waals surface area contributed by atoms with Crippen molar-refractivity contribution < 1.29 is 13.2 Å². The Bertz CT molecular complexity index is 549. The topological polar surface area (TPSA) is 67.2 Å². The Kier molecular flexibility index (Phi) is 5.63. The van der Waals surface area contributed by atoms with Crippen LogP contribution in [0.4, 0.5) is 0 Å². The van der Waals surface area contributed by atoms with Crippen LogP contribution in [-0.4, -0.2) is 21.3 Å². The van der Waals surface area contributed by atoms with Crippen LogP contribution in [0.15, 0.2) is 22.7 Å². The molecule has 1 aromatic carbocycles. The van der Waals surface area contributed by atoms with Gasteiger partial charge in [0.05, 0.1) is 24.7 Å². The van der Waals surface area contributed by atoms with Crippen LogP contribution in [0.5, 0.6) is 5.75 Å². The summed E-state index contributed by atoms with van der Waals surface area (Å²) in [5.74, 6) is 0.513. The molecule has 0 unspecified atom stereocenters. The van der Waals surface area contributed by atoms with Crippen molar-refractivity contribution in [3.05, 3.63) is 28.2 Å². The van der Waals surface area contributed by atoms with Crippen molar-refractivity contribution in [2.45, 2.75) is 18.6 Å². The fourth-order valence-corrected chi connectivity index (χ4v) is 3.38. The molecule has 0 fully saturated rings. The zero-order chi connectivity index (χ0) is 13.6. The first-order valence-corrected chi connectivity index (χ1v) is 8.00. The zero-order valence-corrected chi connectivity index (χ0v) is 12.4. The van der Waals surface area contributed by atoms with Crippen molar-refractivity contribution in [1.29, 1.82) is 5.26 Å². The maximum atomic E-state index is 11.9. The van der Waals surface area contributed by atoms with E-state index in [0.29, 0.717) is 17.7 Å². The summed E-state index contributed by atoms with van der Waals surface area (Å²) in [4.78, 5) is 0. The molecule has 0 spiro atoms. The van der Waals surface area contributed by atoms with Crippen LogP contribution in [0.25, 0.3) is 0 Å². The Labute approximate surface area is 116 Å². The summed E-state index contributed by atoms with van der Waals surface area (Å²) in [7, 11) is -1.70. The fraction of sp³-hybridized carbons (Fsp3) is 0.417. The maximum absolute atomic E-state index is 11.9. The number of hydrogen-bond donors (Lipinski definition) is 0. The Morgan fingerprint density at radius 3 is 2.78 bits per heavy atom. The third-order valence-corrected chi connectivity index (χ3v) is 4.52. The smallest absolute Gasteiger partial charge is 0.154 e. The van der Waals surface area contributed by atoms with E-state index in [0.717, 1.165) is 4.47 Å². The summed E-state index contributed by atoms with van der Waals surface area (Å²) in [5, 5.41) is 8.40. The van der Waals surface area contributed by atoms with Crippen molar-refractivity contribution in [1.82, 2.24) is 0 Å². The van der Waals surface area contributed by atoms with E-state index in [-0.39, 0.29) is 17.9 Å². The van der Waals surface area contributed by atoms with E-state index in [1.54, 1.807) is 18.2 Å². The monoisotopic (exact) mass is 331 g/mol. The number of rotatable bonds is 6. The van der Waals surface area contributed by atoms with Gasteiger partial charge in [-0.25, -0.2) is 8.42 Å². The van der Waals surface area contributed by atoms with Gasteiger partial charge in [-0.3, -0.25) is 0 Å². The molecule has 0 aliphatic carbocycles. The lowest BCUT2D eigenvalue weighted by atomic mass is 10.2. The highest BCUT2D eigenvalue weighted by Crippen LogP contribution is 2.25. The summed E-state index contributed by atoms with van der Waals surface area (Å²) in [5.41, 5.74) is 0.629. The second-order valence-electron chi connectivity index (χ2n) is 3.81. The van der Waals surface area contributed by atoms with Gasteiger partial charge in [-0.1, -0.05) is 15.9 Å². The predicted octanol–water partition coefficient (Wildman–Crippen LogP) is 2.68. The first-order valence-electron chi connectivity index (χ1n) is 5.38. The Balaban J connectivity index is 2.83. The molecule has 6 heteroatoms. The van der Waals surface area contributed by atoms with Crippen LogP contribution in [0, 0.1) is 11.3 Å². The summed E-state index contributed by atoms with van der Waals surface area (Å²) >= 11 is 3.30. The normalized spacial score (nSPS) is 10.9. The van der Waals surface area contributed by atoms with Gasteiger partial charge in [-0.2, -0.15) is 5.26 Å². The van der Waals surface area contributed by atoms with E-state index in [1.807, 2.05) is 6.07 Å². The first kappa shape index (κ1) is 15.0. The third kappa shape index (κ3) is 4.67. The van der Waals surface area contributed by atoms with Crippen LogP contribution in [0.3, 0.4) is 0 Å². The lowest BCUT2D eigenvalue weighted by molar-refractivity contribution is 0.411. The van der Waals surface area contributed by atoms with Crippen LogP contribution >= 0.6 is 15.9 Å². The Morgan fingerprint density at radius 1 is 1.44 bits per heavy atom. The SMILES string of the molecule is COc1ccc(Br)cc1CS(=O)(=O)CCCC#N. The second-order valence-corrected chi connectivity index (χ2v) is 6.91. The van der Waals surface area contributed by atoms with Crippen LogP contribution in [0.1, 0.15) is 18.4 Å². The van der Waals surface area contributed by atoms with E-state index in [1.165, 1.54) is 7.11 Å². The van der Waals surface area contributed by atoms with Gasteiger partial charge < -0.3 is 4.74 Å². The molecule has 4 nitrogen and oxygen atoms in total. The molecule has 0 saturated carbocycles. The van der Waals surface area contributed by atoms with E-state index in [9.17, 15) is 8.42 Å². The fourth-order valence-electron chi connectivity index (χ4n) is 1.54. The van der Waals surface area contributed by atoms with E-state index < -0.39 is 9.84 Å². The van der Waals surface area contributed by atoms with Gasteiger partial charge in [0.15, 0.2) is 9.84 Å². The quantitative estimate of drug-likeness (QED) is 0.751. The van der Waals surface area contributed by atoms with Crippen LogP contribution in [-0.2, 0) is 15.6 Å². The summed E-state index contributed by atoms with van der Waals surface area (Å²) < 4.78 is 29.7. The number of unbranched alkanes of at least 4 members (excludes halogenated alkanes) is 1. The molecule has 0 aliphatic heterocycles. The molecule has 0 amide bonds. The maximum Gasteiger partial charge on any atom is 0.154 e. The molecular weight excluding hydrogens is 318 g/mol. The lowest BCUT2D eigenvalue weighted by Gasteiger charge is -2.09. The molecule has 18 heavy (non-hydrogen) atoms. The molecular formula is C12H14BrNO3S. The number of benzene rings is 1.